The van der Waals surface area contributed by atoms with Crippen LogP contribution < -0.4 is 16.4 Å². The molecule has 0 spiro atoms. The lowest BCUT2D eigenvalue weighted by Gasteiger charge is -2.18. The molecule has 0 bridgehead atoms. The number of hydrogen-bond donors (Lipinski definition) is 3. The summed E-state index contributed by atoms with van der Waals surface area (Å²) in [6.07, 6.45) is 3.41. The van der Waals surface area contributed by atoms with Crippen LogP contribution in [0.4, 0.5) is 14.5 Å². The topological polar surface area (TPSA) is 62.4 Å². The maximum absolute atomic E-state index is 13.5. The Morgan fingerprint density at radius 1 is 1.43 bits per heavy atom. The highest BCUT2D eigenvalue weighted by molar-refractivity contribution is 6.10. The van der Waals surface area contributed by atoms with Crippen molar-refractivity contribution >= 4 is 17.5 Å². The highest BCUT2D eigenvalue weighted by atomic mass is 19.3. The molecule has 1 aromatic carbocycles. The number of hydrogen-bond acceptors (Lipinski definition) is 4. The molecular formula is C17H24F2N4. The summed E-state index contributed by atoms with van der Waals surface area (Å²) in [6.45, 7) is 6.01. The lowest BCUT2D eigenvalue weighted by molar-refractivity contribution is 0.151. The fraction of sp³-hybridized carbons (Fsp3) is 0.353. The van der Waals surface area contributed by atoms with Crippen molar-refractivity contribution < 1.29 is 8.78 Å². The van der Waals surface area contributed by atoms with E-state index in [0.717, 1.165) is 18.4 Å². The Morgan fingerprint density at radius 2 is 2.17 bits per heavy atom. The summed E-state index contributed by atoms with van der Waals surface area (Å²) >= 11 is 0. The quantitative estimate of drug-likeness (QED) is 0.369. The van der Waals surface area contributed by atoms with Crippen LogP contribution in [0.2, 0.25) is 0 Å². The Hall–Kier alpha value is -2.37. The average molecular weight is 322 g/mol. The van der Waals surface area contributed by atoms with E-state index in [4.69, 9.17) is 5.73 Å². The summed E-state index contributed by atoms with van der Waals surface area (Å²) in [7, 11) is 1.58. The van der Waals surface area contributed by atoms with E-state index in [1.54, 1.807) is 19.3 Å². The molecule has 1 aromatic rings. The zero-order valence-corrected chi connectivity index (χ0v) is 13.6. The zero-order valence-electron chi connectivity index (χ0n) is 13.6. The minimum Gasteiger partial charge on any atom is -0.404 e. The molecule has 0 aliphatic rings. The predicted octanol–water partition coefficient (Wildman–Crippen LogP) is 3.68. The van der Waals surface area contributed by atoms with E-state index in [1.807, 2.05) is 6.92 Å². The smallest absolute Gasteiger partial charge is 0.264 e. The minimum atomic E-state index is -2.60. The lowest BCUT2D eigenvalue weighted by atomic mass is 9.95. The van der Waals surface area contributed by atoms with Crippen molar-refractivity contribution in [3.63, 3.8) is 0 Å². The molecule has 0 aliphatic carbocycles. The number of allylic oxidation sites excluding steroid dienone is 1. The third-order valence-corrected chi connectivity index (χ3v) is 3.31. The minimum absolute atomic E-state index is 0.0671. The molecule has 0 heterocycles. The van der Waals surface area contributed by atoms with Crippen molar-refractivity contribution in [1.29, 1.82) is 0 Å². The second-order valence-electron chi connectivity index (χ2n) is 4.92. The Labute approximate surface area is 136 Å². The monoisotopic (exact) mass is 322 g/mol. The molecule has 23 heavy (non-hydrogen) atoms. The molecule has 126 valence electrons. The number of aryl methyl sites for hydroxylation is 1. The highest BCUT2D eigenvalue weighted by Gasteiger charge is 2.18. The van der Waals surface area contributed by atoms with Gasteiger partial charge in [0.25, 0.3) is 6.43 Å². The first-order chi connectivity index (χ1) is 11.1. The molecule has 0 atom stereocenters. The first-order valence-corrected chi connectivity index (χ1v) is 7.46. The molecule has 0 amide bonds. The van der Waals surface area contributed by atoms with Gasteiger partial charge < -0.3 is 16.4 Å². The third kappa shape index (κ3) is 5.09. The van der Waals surface area contributed by atoms with Crippen LogP contribution in [0.3, 0.4) is 0 Å². The molecule has 0 unspecified atom stereocenters. The van der Waals surface area contributed by atoms with E-state index >= 15 is 0 Å². The van der Waals surface area contributed by atoms with Gasteiger partial charge in [-0.25, -0.2) is 8.78 Å². The molecule has 0 saturated heterocycles. The average Bonchev–Trinajstić information content (AvgIpc) is 2.53. The maximum Gasteiger partial charge on any atom is 0.264 e. The molecule has 0 radical (unpaired) electrons. The summed E-state index contributed by atoms with van der Waals surface area (Å²) in [6, 6.07) is 3.25. The number of anilines is 1. The van der Waals surface area contributed by atoms with E-state index < -0.39 is 6.43 Å². The van der Waals surface area contributed by atoms with Crippen LogP contribution in [0.5, 0.6) is 0 Å². The summed E-state index contributed by atoms with van der Waals surface area (Å²) in [4.78, 5) is 3.89. The van der Waals surface area contributed by atoms with Gasteiger partial charge >= 0.3 is 0 Å². The molecule has 0 aromatic heterocycles. The SMILES string of the molecule is C=CNCNc1cc(C(F)F)c(/C(C=NC)=C/N)cc1CCC. The molecule has 4 nitrogen and oxygen atoms in total. The van der Waals surface area contributed by atoms with Gasteiger partial charge in [-0.2, -0.15) is 0 Å². The number of rotatable bonds is 9. The van der Waals surface area contributed by atoms with Gasteiger partial charge in [0.15, 0.2) is 0 Å². The van der Waals surface area contributed by atoms with Gasteiger partial charge in [-0.1, -0.05) is 19.9 Å². The van der Waals surface area contributed by atoms with Crippen molar-refractivity contribution in [3.05, 3.63) is 47.8 Å². The predicted molar refractivity (Wildman–Crippen MR) is 93.8 cm³/mol. The number of nitrogens with two attached hydrogens (primary N) is 1. The molecule has 0 aliphatic heterocycles. The van der Waals surface area contributed by atoms with E-state index in [-0.39, 0.29) is 5.56 Å². The Morgan fingerprint density at radius 3 is 2.70 bits per heavy atom. The van der Waals surface area contributed by atoms with E-state index in [9.17, 15) is 8.78 Å². The molecule has 6 heteroatoms. The summed E-state index contributed by atoms with van der Waals surface area (Å²) < 4.78 is 27.0. The Bertz CT molecular complexity index is 580. The summed E-state index contributed by atoms with van der Waals surface area (Å²) in [5.74, 6) is 0. The van der Waals surface area contributed by atoms with Crippen LogP contribution in [-0.4, -0.2) is 19.9 Å². The third-order valence-electron chi connectivity index (χ3n) is 3.31. The van der Waals surface area contributed by atoms with Crippen LogP contribution in [-0.2, 0) is 6.42 Å². The largest absolute Gasteiger partial charge is 0.404 e. The highest BCUT2D eigenvalue weighted by Crippen LogP contribution is 2.33. The summed E-state index contributed by atoms with van der Waals surface area (Å²) in [5, 5.41) is 6.01. The van der Waals surface area contributed by atoms with Gasteiger partial charge in [0.1, 0.15) is 0 Å². The van der Waals surface area contributed by atoms with Gasteiger partial charge in [0.05, 0.1) is 6.67 Å². The molecule has 4 N–H and O–H groups in total. The van der Waals surface area contributed by atoms with E-state index in [0.29, 0.717) is 23.5 Å². The molecule has 0 fully saturated rings. The van der Waals surface area contributed by atoms with Gasteiger partial charge in [0.2, 0.25) is 0 Å². The van der Waals surface area contributed by atoms with Crippen molar-refractivity contribution in [2.24, 2.45) is 10.7 Å². The molecular weight excluding hydrogens is 298 g/mol. The van der Waals surface area contributed by atoms with Crippen LogP contribution in [0.25, 0.3) is 5.57 Å². The van der Waals surface area contributed by atoms with Gasteiger partial charge in [-0.05, 0) is 35.9 Å². The summed E-state index contributed by atoms with van der Waals surface area (Å²) in [5.41, 5.74) is 8.06. The molecule has 0 saturated carbocycles. The Kier molecular flexibility index (Phi) is 7.80. The number of benzene rings is 1. The van der Waals surface area contributed by atoms with Gasteiger partial charge in [-0.3, -0.25) is 4.99 Å². The maximum atomic E-state index is 13.5. The first-order valence-electron chi connectivity index (χ1n) is 7.46. The van der Waals surface area contributed by atoms with Crippen LogP contribution in [0.15, 0.2) is 36.1 Å². The fourth-order valence-corrected chi connectivity index (χ4v) is 2.29. The lowest BCUT2D eigenvalue weighted by Crippen LogP contribution is -2.17. The van der Waals surface area contributed by atoms with E-state index in [2.05, 4.69) is 22.2 Å². The number of alkyl halides is 2. The van der Waals surface area contributed by atoms with Gasteiger partial charge in [-0.15, -0.1) is 0 Å². The van der Waals surface area contributed by atoms with Crippen LogP contribution in [0.1, 0.15) is 36.5 Å². The number of halogens is 2. The van der Waals surface area contributed by atoms with Crippen LogP contribution >= 0.6 is 0 Å². The Balaban J connectivity index is 3.39. The first kappa shape index (κ1) is 18.7. The number of nitrogens with zero attached hydrogens (tertiary/aromatic N) is 1. The fourth-order valence-electron chi connectivity index (χ4n) is 2.29. The second kappa shape index (κ2) is 9.61. The number of nitrogens with one attached hydrogen (secondary N) is 2. The van der Waals surface area contributed by atoms with Crippen molar-refractivity contribution in [3.8, 4) is 0 Å². The second-order valence-corrected chi connectivity index (χ2v) is 4.92. The van der Waals surface area contributed by atoms with Crippen molar-refractivity contribution in [2.75, 3.05) is 19.0 Å². The van der Waals surface area contributed by atoms with Crippen LogP contribution in [0, 0.1) is 0 Å². The van der Waals surface area contributed by atoms with E-state index in [1.165, 1.54) is 18.5 Å². The zero-order chi connectivity index (χ0) is 17.2. The van der Waals surface area contributed by atoms with Crippen molar-refractivity contribution in [2.45, 2.75) is 26.2 Å². The normalized spacial score (nSPS) is 12.0. The molecule has 1 rings (SSSR count). The number of aliphatic imine (C=N–C) groups is 1. The van der Waals surface area contributed by atoms with Gasteiger partial charge in [0, 0.05) is 36.3 Å². The standard InChI is InChI=1S/C17H24F2N4/c1-4-6-12-7-14(13(9-20)10-21-3)15(17(18)19)8-16(12)23-11-22-5-2/h5,7-10,17,22-23H,2,4,6,11,20H2,1,3H3/b13-9+,21-10?. The van der Waals surface area contributed by atoms with Crippen molar-refractivity contribution in [1.82, 2.24) is 5.32 Å².